The fraction of sp³-hybridized carbons (Fsp3) is 0.0357. The molecule has 0 aromatic heterocycles. The highest BCUT2D eigenvalue weighted by molar-refractivity contribution is 7.99. The number of allylic oxidation sites excluding steroid dienone is 5. The first-order valence-electron chi connectivity index (χ1n) is 20.0. The minimum absolute atomic E-state index is 0.445. The third-order valence-electron chi connectivity index (χ3n) is 12.2. The molecule has 0 radical (unpaired) electrons. The van der Waals surface area contributed by atoms with Crippen LogP contribution in [0.25, 0.3) is 54.6 Å². The molecule has 1 unspecified atom stereocenters. The summed E-state index contributed by atoms with van der Waals surface area (Å²) >= 11 is 1.85. The lowest BCUT2D eigenvalue weighted by Crippen LogP contribution is -2.27. The van der Waals surface area contributed by atoms with Crippen LogP contribution in [0.3, 0.4) is 0 Å². The molecule has 0 amide bonds. The van der Waals surface area contributed by atoms with Crippen LogP contribution in [0.15, 0.2) is 229 Å². The zero-order valence-corrected chi connectivity index (χ0v) is 32.8. The Morgan fingerprint density at radius 1 is 0.466 bits per heavy atom. The number of hydrogen-bond donors (Lipinski definition) is 0. The van der Waals surface area contributed by atoms with Crippen molar-refractivity contribution in [2.75, 3.05) is 4.90 Å². The van der Waals surface area contributed by atoms with Crippen molar-refractivity contribution in [1.82, 2.24) is 0 Å². The smallest absolute Gasteiger partial charge is 0.0601 e. The van der Waals surface area contributed by atoms with Gasteiger partial charge in [0.25, 0.3) is 0 Å². The number of nitrogens with zero attached hydrogens (tertiary/aromatic N) is 1. The van der Waals surface area contributed by atoms with E-state index in [0.29, 0.717) is 0 Å². The van der Waals surface area contributed by atoms with E-state index < -0.39 is 5.41 Å². The Hall–Kier alpha value is -6.87. The third kappa shape index (κ3) is 5.33. The highest BCUT2D eigenvalue weighted by Crippen LogP contribution is 2.58. The number of hydrogen-bond acceptors (Lipinski definition) is 2. The van der Waals surface area contributed by atoms with Gasteiger partial charge in [-0.25, -0.2) is 0 Å². The van der Waals surface area contributed by atoms with E-state index in [4.69, 9.17) is 0 Å². The molecule has 9 aromatic rings. The van der Waals surface area contributed by atoms with Crippen molar-refractivity contribution < 1.29 is 0 Å². The standard InChI is InChI=1S/C56H39NS/c1-2-3-4-5-17-34-56(40-18-7-6-8-19-40)50-36-39(38-28-31-46-44-22-10-9-20-42(44)43-21-11-12-23-45(43)49(46)35-38)29-32-47(50)48-33-30-41(37-51(48)56)57-52-24-13-15-26-54(52)58-55-27-16-14-25-53(55)57/h2-33,35-37H,1,34H2/b4-3-,17-5-. The van der Waals surface area contributed by atoms with E-state index in [2.05, 4.69) is 212 Å². The molecule has 0 saturated carbocycles. The Kier molecular flexibility index (Phi) is 8.27. The van der Waals surface area contributed by atoms with E-state index in [0.717, 1.165) is 12.1 Å². The summed E-state index contributed by atoms with van der Waals surface area (Å²) in [6.07, 6.45) is 11.2. The van der Waals surface area contributed by atoms with Crippen LogP contribution in [0.4, 0.5) is 17.1 Å². The summed E-state index contributed by atoms with van der Waals surface area (Å²) in [5.41, 5.74) is 12.1. The number of fused-ring (bicyclic) bond motifs is 11. The van der Waals surface area contributed by atoms with Crippen molar-refractivity contribution in [3.05, 3.63) is 236 Å². The van der Waals surface area contributed by atoms with Gasteiger partial charge in [-0.2, -0.15) is 0 Å². The van der Waals surface area contributed by atoms with Crippen LogP contribution < -0.4 is 4.90 Å². The van der Waals surface area contributed by atoms with Gasteiger partial charge in [0.2, 0.25) is 0 Å². The molecule has 11 rings (SSSR count). The van der Waals surface area contributed by atoms with Crippen molar-refractivity contribution in [2.24, 2.45) is 0 Å². The molecule has 0 fully saturated rings. The van der Waals surface area contributed by atoms with Crippen LogP contribution in [0, 0.1) is 0 Å². The molecule has 1 nitrogen and oxygen atoms in total. The number of benzene rings is 9. The lowest BCUT2D eigenvalue weighted by atomic mass is 9.69. The predicted octanol–water partition coefficient (Wildman–Crippen LogP) is 15.8. The first kappa shape index (κ1) is 34.4. The summed E-state index contributed by atoms with van der Waals surface area (Å²) in [6.45, 7) is 3.90. The van der Waals surface area contributed by atoms with E-state index in [1.165, 1.54) is 92.4 Å². The van der Waals surface area contributed by atoms with Gasteiger partial charge in [0.15, 0.2) is 0 Å². The van der Waals surface area contributed by atoms with E-state index in [-0.39, 0.29) is 0 Å². The number of anilines is 3. The van der Waals surface area contributed by atoms with Gasteiger partial charge in [0.1, 0.15) is 0 Å². The molecule has 2 heteroatoms. The van der Waals surface area contributed by atoms with Crippen LogP contribution in [0.1, 0.15) is 23.1 Å². The second kappa shape index (κ2) is 14.0. The molecular formula is C56H39NS. The summed E-state index contributed by atoms with van der Waals surface area (Å²) < 4.78 is 0. The third-order valence-corrected chi connectivity index (χ3v) is 13.3. The monoisotopic (exact) mass is 757 g/mol. The molecule has 1 heterocycles. The lowest BCUT2D eigenvalue weighted by molar-refractivity contribution is 0.645. The molecule has 2 aliphatic rings. The SMILES string of the molecule is C=C/C=C\C=C/CC1(c2ccccc2)c2cc(-c3ccc4c5ccccc5c5ccccc5c4c3)ccc2-c2ccc(N3c4ccccc4Sc4ccccc43)cc21. The average molecular weight is 758 g/mol. The Labute approximate surface area is 343 Å². The summed E-state index contributed by atoms with van der Waals surface area (Å²) in [4.78, 5) is 4.98. The molecular weight excluding hydrogens is 719 g/mol. The molecule has 0 N–H and O–H groups in total. The van der Waals surface area contributed by atoms with Crippen LogP contribution >= 0.6 is 11.8 Å². The summed E-state index contributed by atoms with van der Waals surface area (Å²) in [5.74, 6) is 0. The van der Waals surface area contributed by atoms with Crippen molar-refractivity contribution >= 4 is 61.1 Å². The van der Waals surface area contributed by atoms with Gasteiger partial charge in [-0.15, -0.1) is 0 Å². The molecule has 0 saturated heterocycles. The summed E-state index contributed by atoms with van der Waals surface area (Å²) in [6, 6.07) is 67.8. The molecule has 0 bridgehead atoms. The van der Waals surface area contributed by atoms with E-state index in [1.54, 1.807) is 0 Å². The minimum atomic E-state index is -0.445. The van der Waals surface area contributed by atoms with Gasteiger partial charge in [0.05, 0.1) is 11.4 Å². The van der Waals surface area contributed by atoms with E-state index in [9.17, 15) is 0 Å². The number of para-hydroxylation sites is 2. The van der Waals surface area contributed by atoms with Gasteiger partial charge in [-0.05, 0) is 126 Å². The van der Waals surface area contributed by atoms with Gasteiger partial charge in [-0.3, -0.25) is 0 Å². The maximum atomic E-state index is 3.90. The topological polar surface area (TPSA) is 3.24 Å². The minimum Gasteiger partial charge on any atom is -0.308 e. The van der Waals surface area contributed by atoms with Crippen LogP contribution in [0.2, 0.25) is 0 Å². The van der Waals surface area contributed by atoms with Crippen molar-refractivity contribution in [3.63, 3.8) is 0 Å². The Bertz CT molecular complexity index is 3070. The first-order valence-corrected chi connectivity index (χ1v) is 20.8. The van der Waals surface area contributed by atoms with Crippen molar-refractivity contribution in [3.8, 4) is 22.3 Å². The molecule has 1 atom stereocenters. The highest BCUT2D eigenvalue weighted by atomic mass is 32.2. The zero-order valence-electron chi connectivity index (χ0n) is 32.0. The molecule has 0 spiro atoms. The molecule has 9 aromatic carbocycles. The fourth-order valence-electron chi connectivity index (χ4n) is 9.62. The Morgan fingerprint density at radius 3 is 1.67 bits per heavy atom. The fourth-order valence-corrected chi connectivity index (χ4v) is 10.7. The predicted molar refractivity (Wildman–Crippen MR) is 248 cm³/mol. The van der Waals surface area contributed by atoms with Gasteiger partial charge < -0.3 is 4.90 Å². The van der Waals surface area contributed by atoms with Gasteiger partial charge in [0, 0.05) is 20.9 Å². The normalized spacial score (nSPS) is 15.6. The Morgan fingerprint density at radius 2 is 1.00 bits per heavy atom. The van der Waals surface area contributed by atoms with Crippen LogP contribution in [-0.2, 0) is 5.41 Å². The lowest BCUT2D eigenvalue weighted by Gasteiger charge is -2.35. The molecule has 274 valence electrons. The second-order valence-electron chi connectivity index (χ2n) is 15.2. The average Bonchev–Trinajstić information content (AvgIpc) is 3.57. The van der Waals surface area contributed by atoms with Crippen LogP contribution in [-0.4, -0.2) is 0 Å². The van der Waals surface area contributed by atoms with E-state index in [1.807, 2.05) is 23.9 Å². The molecule has 1 aliphatic heterocycles. The summed E-state index contributed by atoms with van der Waals surface area (Å²) in [5, 5.41) is 7.74. The zero-order chi connectivity index (χ0) is 38.6. The maximum Gasteiger partial charge on any atom is 0.0601 e. The second-order valence-corrected chi connectivity index (χ2v) is 16.3. The van der Waals surface area contributed by atoms with Crippen LogP contribution in [0.5, 0.6) is 0 Å². The quantitative estimate of drug-likeness (QED) is 0.118. The van der Waals surface area contributed by atoms with Gasteiger partial charge in [-0.1, -0.05) is 182 Å². The number of rotatable bonds is 7. The van der Waals surface area contributed by atoms with E-state index >= 15 is 0 Å². The highest BCUT2D eigenvalue weighted by Gasteiger charge is 2.44. The first-order chi connectivity index (χ1) is 28.7. The summed E-state index contributed by atoms with van der Waals surface area (Å²) in [7, 11) is 0. The van der Waals surface area contributed by atoms with Crippen molar-refractivity contribution in [2.45, 2.75) is 21.6 Å². The molecule has 58 heavy (non-hydrogen) atoms. The Balaban J connectivity index is 1.14. The maximum absolute atomic E-state index is 3.90. The van der Waals surface area contributed by atoms with Gasteiger partial charge >= 0.3 is 0 Å². The molecule has 1 aliphatic carbocycles. The largest absolute Gasteiger partial charge is 0.308 e. The van der Waals surface area contributed by atoms with Crippen molar-refractivity contribution in [1.29, 1.82) is 0 Å².